The maximum Gasteiger partial charge on any atom is 0.210 e. The van der Waals surface area contributed by atoms with Crippen molar-refractivity contribution in [3.05, 3.63) is 12.3 Å². The SMILES string of the molecule is [2H]OC[C@H]1CNC(=C)[C@@H]1C. The molecule has 0 amide bonds. The molecule has 0 bridgehead atoms. The number of allylic oxidation sites excluding steroid dienone is 1. The highest BCUT2D eigenvalue weighted by atomic mass is 16.3. The van der Waals surface area contributed by atoms with Gasteiger partial charge in [0.15, 0.2) is 0 Å². The van der Waals surface area contributed by atoms with Crippen LogP contribution in [-0.2, 0) is 0 Å². The molecule has 0 aliphatic carbocycles. The minimum Gasteiger partial charge on any atom is -0.396 e. The van der Waals surface area contributed by atoms with Crippen molar-refractivity contribution in [2.45, 2.75) is 6.92 Å². The lowest BCUT2D eigenvalue weighted by atomic mass is 9.97. The van der Waals surface area contributed by atoms with Gasteiger partial charge in [0.25, 0.3) is 0 Å². The summed E-state index contributed by atoms with van der Waals surface area (Å²) in [5.41, 5.74) is 1.07. The van der Waals surface area contributed by atoms with Gasteiger partial charge in [0.2, 0.25) is 1.43 Å². The van der Waals surface area contributed by atoms with E-state index in [-0.39, 0.29) is 0 Å². The molecule has 2 nitrogen and oxygen atoms in total. The van der Waals surface area contributed by atoms with E-state index in [4.69, 9.17) is 1.43 Å². The first-order valence-electron chi connectivity index (χ1n) is 3.67. The molecule has 9 heavy (non-hydrogen) atoms. The van der Waals surface area contributed by atoms with Crippen molar-refractivity contribution in [3.63, 3.8) is 0 Å². The highest BCUT2D eigenvalue weighted by Crippen LogP contribution is 2.22. The maximum atomic E-state index is 6.57. The number of aliphatic hydroxyl groups is 1. The van der Waals surface area contributed by atoms with Crippen LogP contribution in [0.2, 0.25) is 0 Å². The maximum absolute atomic E-state index is 6.57. The molecule has 0 saturated carbocycles. The Morgan fingerprint density at radius 1 is 2.11 bits per heavy atom. The molecule has 0 unspecified atom stereocenters. The van der Waals surface area contributed by atoms with Gasteiger partial charge >= 0.3 is 0 Å². The monoisotopic (exact) mass is 128 g/mol. The second-order valence-electron chi connectivity index (χ2n) is 2.62. The lowest BCUT2D eigenvalue weighted by molar-refractivity contribution is 0.215. The summed E-state index contributed by atoms with van der Waals surface area (Å²) in [6, 6.07) is 0. The molecular weight excluding hydrogens is 114 g/mol. The van der Waals surface area contributed by atoms with Gasteiger partial charge in [-0.25, -0.2) is 0 Å². The topological polar surface area (TPSA) is 32.3 Å². The van der Waals surface area contributed by atoms with Crippen LogP contribution in [0.5, 0.6) is 0 Å². The van der Waals surface area contributed by atoms with Crippen molar-refractivity contribution >= 4 is 0 Å². The minimum absolute atomic E-state index is 0.435. The van der Waals surface area contributed by atoms with E-state index in [9.17, 15) is 0 Å². The van der Waals surface area contributed by atoms with Crippen molar-refractivity contribution < 1.29 is 5.11 Å². The fraction of sp³-hybridized carbons (Fsp3) is 0.714. The highest BCUT2D eigenvalue weighted by molar-refractivity contribution is 5.05. The van der Waals surface area contributed by atoms with Crippen LogP contribution >= 0.6 is 0 Å². The molecule has 1 heterocycles. The summed E-state index contributed by atoms with van der Waals surface area (Å²) in [4.78, 5) is 0. The van der Waals surface area contributed by atoms with E-state index in [0.717, 1.165) is 12.2 Å². The van der Waals surface area contributed by atoms with Crippen molar-refractivity contribution in [1.29, 1.82) is 1.43 Å². The number of rotatable bonds is 2. The van der Waals surface area contributed by atoms with E-state index >= 15 is 0 Å². The van der Waals surface area contributed by atoms with Crippen LogP contribution in [0, 0.1) is 11.8 Å². The molecule has 52 valence electrons. The first-order valence-corrected chi connectivity index (χ1v) is 3.26. The van der Waals surface area contributed by atoms with Gasteiger partial charge in [-0.05, 0) is 0 Å². The molecule has 0 spiro atoms. The third kappa shape index (κ3) is 1.08. The Hall–Kier alpha value is -0.500. The fourth-order valence-corrected chi connectivity index (χ4v) is 1.09. The molecule has 1 aliphatic heterocycles. The normalized spacial score (nSPS) is 36.1. The molecule has 1 rings (SSSR count). The minimum atomic E-state index is 0.435. The highest BCUT2D eigenvalue weighted by Gasteiger charge is 2.24. The second-order valence-corrected chi connectivity index (χ2v) is 2.62. The molecule has 1 saturated heterocycles. The Bertz CT molecular complexity index is 138. The first-order chi connectivity index (χ1) is 4.75. The first kappa shape index (κ1) is 5.30. The average molecular weight is 128 g/mol. The molecule has 0 aromatic carbocycles. The number of aliphatic hydroxyl groups excluding tert-OH is 1. The Balaban J connectivity index is 2.41. The summed E-state index contributed by atoms with van der Waals surface area (Å²) in [7, 11) is 0. The number of hydrogen-bond donors (Lipinski definition) is 2. The van der Waals surface area contributed by atoms with Gasteiger partial charge in [-0.2, -0.15) is 0 Å². The van der Waals surface area contributed by atoms with Crippen molar-refractivity contribution in [2.75, 3.05) is 13.2 Å². The summed E-state index contributed by atoms with van der Waals surface area (Å²) < 4.78 is 6.57. The largest absolute Gasteiger partial charge is 0.396 e. The quantitative estimate of drug-likeness (QED) is 0.562. The van der Waals surface area contributed by atoms with E-state index in [2.05, 4.69) is 23.9 Å². The third-order valence-electron chi connectivity index (χ3n) is 2.06. The Labute approximate surface area is 57.1 Å². The van der Waals surface area contributed by atoms with Gasteiger partial charge in [0.1, 0.15) is 0 Å². The lowest BCUT2D eigenvalue weighted by Crippen LogP contribution is -2.13. The van der Waals surface area contributed by atoms with Crippen LogP contribution in [0.4, 0.5) is 0 Å². The zero-order valence-corrected chi connectivity index (χ0v) is 5.68. The van der Waals surface area contributed by atoms with Gasteiger partial charge in [-0.3, -0.25) is 0 Å². The molecule has 2 atom stereocenters. The fourth-order valence-electron chi connectivity index (χ4n) is 1.09. The Kier molecular flexibility index (Phi) is 1.41. The molecular formula is C7H13NO. The van der Waals surface area contributed by atoms with Crippen LogP contribution < -0.4 is 5.32 Å². The molecule has 0 aromatic rings. The molecule has 2 N–H and O–H groups in total. The Morgan fingerprint density at radius 2 is 2.89 bits per heavy atom. The van der Waals surface area contributed by atoms with Crippen LogP contribution in [-0.4, -0.2) is 19.7 Å². The zero-order chi connectivity index (χ0) is 7.56. The summed E-state index contributed by atoms with van der Waals surface area (Å²) >= 11 is 0. The van der Waals surface area contributed by atoms with Gasteiger partial charge in [0.05, 0.1) is 0 Å². The summed E-state index contributed by atoms with van der Waals surface area (Å²) in [6.07, 6.45) is 0. The summed E-state index contributed by atoms with van der Waals surface area (Å²) in [5, 5.41) is 7.46. The molecule has 0 aromatic heterocycles. The Morgan fingerprint density at radius 3 is 3.33 bits per heavy atom. The second kappa shape index (κ2) is 2.40. The molecule has 1 fully saturated rings. The van der Waals surface area contributed by atoms with Crippen molar-refractivity contribution in [2.24, 2.45) is 11.8 Å². The zero-order valence-electron chi connectivity index (χ0n) is 6.68. The predicted octanol–water partition coefficient (Wildman–Crippen LogP) is 0.348. The van der Waals surface area contributed by atoms with E-state index in [1.165, 1.54) is 0 Å². The lowest BCUT2D eigenvalue weighted by Gasteiger charge is -2.08. The van der Waals surface area contributed by atoms with E-state index in [1.807, 2.05) is 0 Å². The summed E-state index contributed by atoms with van der Waals surface area (Å²) in [6.45, 7) is 7.35. The molecule has 1 aliphatic rings. The van der Waals surface area contributed by atoms with Gasteiger partial charge in [-0.1, -0.05) is 13.5 Å². The number of nitrogens with one attached hydrogen (secondary N) is 1. The van der Waals surface area contributed by atoms with Gasteiger partial charge in [-0.15, -0.1) is 0 Å². The van der Waals surface area contributed by atoms with Crippen LogP contribution in [0.1, 0.15) is 6.92 Å². The van der Waals surface area contributed by atoms with E-state index < -0.39 is 0 Å². The third-order valence-corrected chi connectivity index (χ3v) is 2.06. The van der Waals surface area contributed by atoms with Gasteiger partial charge < -0.3 is 10.4 Å². The van der Waals surface area contributed by atoms with Crippen molar-refractivity contribution in [1.82, 2.24) is 5.32 Å². The van der Waals surface area contributed by atoms with E-state index in [1.54, 1.807) is 0 Å². The molecule has 2 heteroatoms. The summed E-state index contributed by atoms with van der Waals surface area (Å²) in [5.74, 6) is 0.885. The predicted molar refractivity (Wildman–Crippen MR) is 36.9 cm³/mol. The van der Waals surface area contributed by atoms with Crippen LogP contribution in [0.25, 0.3) is 0 Å². The molecule has 0 radical (unpaired) electrons. The van der Waals surface area contributed by atoms with Crippen LogP contribution in [0.3, 0.4) is 0 Å². The van der Waals surface area contributed by atoms with Crippen LogP contribution in [0.15, 0.2) is 12.3 Å². The standard InChI is InChI=1S/C7H13NO/c1-5-6(2)8-3-7(5)4-9/h5,7-9H,2-4H2,1H3/t5-,7+/m0/s1/i9D. The number of hydrogen-bond acceptors (Lipinski definition) is 2. The average Bonchev–Trinajstić information content (AvgIpc) is 2.20. The van der Waals surface area contributed by atoms with Gasteiger partial charge in [0, 0.05) is 30.7 Å². The van der Waals surface area contributed by atoms with Crippen molar-refractivity contribution in [3.8, 4) is 0 Å². The van der Waals surface area contributed by atoms with E-state index in [0.29, 0.717) is 18.4 Å². The smallest absolute Gasteiger partial charge is 0.210 e.